The lowest BCUT2D eigenvalue weighted by atomic mass is 10.2. The Hall–Kier alpha value is -1.03. The lowest BCUT2D eigenvalue weighted by Crippen LogP contribution is -2.40. The lowest BCUT2D eigenvalue weighted by Gasteiger charge is -2.30. The molecule has 0 amide bonds. The van der Waals surface area contributed by atoms with E-state index in [0.717, 1.165) is 31.3 Å². The van der Waals surface area contributed by atoms with Crippen molar-refractivity contribution in [3.05, 3.63) is 11.9 Å². The third-order valence-electron chi connectivity index (χ3n) is 3.44. The van der Waals surface area contributed by atoms with E-state index in [2.05, 4.69) is 74.4 Å². The van der Waals surface area contributed by atoms with Gasteiger partial charge in [0.2, 0.25) is 5.95 Å². The van der Waals surface area contributed by atoms with Crippen molar-refractivity contribution in [2.45, 2.75) is 67.1 Å². The van der Waals surface area contributed by atoms with Crippen LogP contribution in [0.2, 0.25) is 0 Å². The van der Waals surface area contributed by atoms with Crippen LogP contribution in [0.25, 0.3) is 0 Å². The molecule has 0 aliphatic carbocycles. The zero-order chi connectivity index (χ0) is 15.3. The fraction of sp³-hybridized carbons (Fsp3) is 0.812. The Labute approximate surface area is 124 Å². The van der Waals surface area contributed by atoms with E-state index in [1.54, 1.807) is 0 Å². The Morgan fingerprint density at radius 1 is 1.15 bits per heavy atom. The highest BCUT2D eigenvalue weighted by Gasteiger charge is 2.13. The van der Waals surface area contributed by atoms with E-state index in [9.17, 15) is 0 Å². The van der Waals surface area contributed by atoms with Crippen LogP contribution in [-0.4, -0.2) is 39.6 Å². The molecule has 116 valence electrons. The Kier molecular flexibility index (Phi) is 6.53. The summed E-state index contributed by atoms with van der Waals surface area (Å²) in [5.41, 5.74) is 1.08. The first kappa shape index (κ1) is 17.0. The second-order valence-corrected chi connectivity index (χ2v) is 6.60. The van der Waals surface area contributed by atoms with Gasteiger partial charge >= 0.3 is 0 Å². The summed E-state index contributed by atoms with van der Waals surface area (Å²) in [6, 6.07) is 1.16. The highest BCUT2D eigenvalue weighted by atomic mass is 15.2. The van der Waals surface area contributed by atoms with Crippen molar-refractivity contribution in [3.8, 4) is 0 Å². The van der Waals surface area contributed by atoms with Crippen molar-refractivity contribution >= 4 is 5.95 Å². The Morgan fingerprint density at radius 2 is 1.75 bits per heavy atom. The second-order valence-electron chi connectivity index (χ2n) is 6.60. The van der Waals surface area contributed by atoms with Gasteiger partial charge in [0.15, 0.2) is 0 Å². The van der Waals surface area contributed by atoms with Gasteiger partial charge < -0.3 is 9.88 Å². The number of imidazole rings is 1. The molecule has 1 aromatic rings. The average molecular weight is 280 g/mol. The summed E-state index contributed by atoms with van der Waals surface area (Å²) >= 11 is 0. The molecular weight excluding hydrogens is 248 g/mol. The summed E-state index contributed by atoms with van der Waals surface area (Å²) in [6.45, 7) is 18.5. The molecule has 0 aliphatic heterocycles. The van der Waals surface area contributed by atoms with Crippen LogP contribution in [0.15, 0.2) is 6.20 Å². The molecule has 1 N–H and O–H groups in total. The molecule has 0 radical (unpaired) electrons. The summed E-state index contributed by atoms with van der Waals surface area (Å²) in [5.74, 6) is 1.63. The van der Waals surface area contributed by atoms with Crippen LogP contribution in [0, 0.1) is 12.8 Å². The maximum atomic E-state index is 4.58. The van der Waals surface area contributed by atoms with Gasteiger partial charge in [-0.25, -0.2) is 4.98 Å². The Morgan fingerprint density at radius 3 is 2.25 bits per heavy atom. The number of hydrogen-bond donors (Lipinski definition) is 1. The zero-order valence-electron chi connectivity index (χ0n) is 14.3. The molecule has 1 aromatic heterocycles. The van der Waals surface area contributed by atoms with Gasteiger partial charge in [-0.15, -0.1) is 0 Å². The maximum absolute atomic E-state index is 4.58. The summed E-state index contributed by atoms with van der Waals surface area (Å²) < 4.78 is 2.23. The summed E-state index contributed by atoms with van der Waals surface area (Å²) in [5, 5.41) is 3.49. The molecule has 4 nitrogen and oxygen atoms in total. The van der Waals surface area contributed by atoms with E-state index < -0.39 is 0 Å². The normalized spacial score (nSPS) is 12.2. The molecule has 1 rings (SSSR count). The third kappa shape index (κ3) is 5.16. The number of aryl methyl sites for hydroxylation is 1. The molecule has 20 heavy (non-hydrogen) atoms. The van der Waals surface area contributed by atoms with Gasteiger partial charge in [-0.05, 0) is 40.5 Å². The molecule has 1 heterocycles. The number of hydrogen-bond acceptors (Lipinski definition) is 3. The number of rotatable bonds is 8. The van der Waals surface area contributed by atoms with Crippen molar-refractivity contribution in [3.63, 3.8) is 0 Å². The van der Waals surface area contributed by atoms with Crippen LogP contribution in [0.3, 0.4) is 0 Å². The molecule has 0 saturated carbocycles. The van der Waals surface area contributed by atoms with Crippen molar-refractivity contribution in [2.24, 2.45) is 5.92 Å². The second kappa shape index (κ2) is 7.67. The SMILES string of the molecule is Cc1cn(CC(C)C)c(NCCN(C(C)C)C(C)C)n1. The molecule has 4 heteroatoms. The first-order chi connectivity index (χ1) is 9.31. The Bertz CT molecular complexity index is 385. The maximum Gasteiger partial charge on any atom is 0.203 e. The number of nitrogens with one attached hydrogen (secondary N) is 1. The Balaban J connectivity index is 2.57. The summed E-state index contributed by atoms with van der Waals surface area (Å²) in [7, 11) is 0. The van der Waals surface area contributed by atoms with Gasteiger partial charge in [0, 0.05) is 37.9 Å². The molecule has 0 aromatic carbocycles. The van der Waals surface area contributed by atoms with E-state index in [-0.39, 0.29) is 0 Å². The van der Waals surface area contributed by atoms with Crippen LogP contribution >= 0.6 is 0 Å². The molecular formula is C16H32N4. The minimum atomic E-state index is 0.578. The van der Waals surface area contributed by atoms with Crippen LogP contribution in [-0.2, 0) is 6.54 Å². The first-order valence-corrected chi connectivity index (χ1v) is 7.84. The van der Waals surface area contributed by atoms with Crippen molar-refractivity contribution in [2.75, 3.05) is 18.4 Å². The average Bonchev–Trinajstić information content (AvgIpc) is 2.63. The van der Waals surface area contributed by atoms with E-state index in [1.807, 2.05) is 0 Å². The molecule has 0 bridgehead atoms. The monoisotopic (exact) mass is 280 g/mol. The van der Waals surface area contributed by atoms with E-state index in [0.29, 0.717) is 18.0 Å². The van der Waals surface area contributed by atoms with Crippen LogP contribution in [0.1, 0.15) is 47.2 Å². The fourth-order valence-electron chi connectivity index (χ4n) is 2.63. The quantitative estimate of drug-likeness (QED) is 0.792. The third-order valence-corrected chi connectivity index (χ3v) is 3.44. The molecule has 0 spiro atoms. The number of nitrogens with zero attached hydrogens (tertiary/aromatic N) is 3. The standard InChI is InChI=1S/C16H32N4/c1-12(2)10-19-11-15(7)18-16(19)17-8-9-20(13(3)4)14(5)6/h11-14H,8-10H2,1-7H3,(H,17,18). The topological polar surface area (TPSA) is 33.1 Å². The summed E-state index contributed by atoms with van der Waals surface area (Å²) in [6.07, 6.45) is 2.13. The predicted molar refractivity (Wildman–Crippen MR) is 87.3 cm³/mol. The predicted octanol–water partition coefficient (Wildman–Crippen LogP) is 3.38. The van der Waals surface area contributed by atoms with Gasteiger partial charge in [0.25, 0.3) is 0 Å². The van der Waals surface area contributed by atoms with E-state index >= 15 is 0 Å². The van der Waals surface area contributed by atoms with E-state index in [1.165, 1.54) is 0 Å². The minimum Gasteiger partial charge on any atom is -0.354 e. The molecule has 0 fully saturated rings. The van der Waals surface area contributed by atoms with E-state index in [4.69, 9.17) is 0 Å². The number of anilines is 1. The minimum absolute atomic E-state index is 0.578. The van der Waals surface area contributed by atoms with Gasteiger partial charge in [-0.2, -0.15) is 0 Å². The van der Waals surface area contributed by atoms with Crippen LogP contribution in [0.5, 0.6) is 0 Å². The molecule has 0 atom stereocenters. The highest BCUT2D eigenvalue weighted by Crippen LogP contribution is 2.12. The van der Waals surface area contributed by atoms with Gasteiger partial charge in [0.1, 0.15) is 0 Å². The van der Waals surface area contributed by atoms with Crippen molar-refractivity contribution in [1.29, 1.82) is 0 Å². The van der Waals surface area contributed by atoms with Crippen LogP contribution < -0.4 is 5.32 Å². The number of aromatic nitrogens is 2. The molecule has 0 saturated heterocycles. The highest BCUT2D eigenvalue weighted by molar-refractivity contribution is 5.28. The van der Waals surface area contributed by atoms with Gasteiger partial charge in [-0.1, -0.05) is 13.8 Å². The molecule has 0 aliphatic rings. The van der Waals surface area contributed by atoms with Crippen molar-refractivity contribution in [1.82, 2.24) is 14.5 Å². The fourth-order valence-corrected chi connectivity index (χ4v) is 2.63. The zero-order valence-corrected chi connectivity index (χ0v) is 14.3. The lowest BCUT2D eigenvalue weighted by molar-refractivity contribution is 0.182. The summed E-state index contributed by atoms with van der Waals surface area (Å²) in [4.78, 5) is 7.08. The van der Waals surface area contributed by atoms with Crippen molar-refractivity contribution < 1.29 is 0 Å². The molecule has 0 unspecified atom stereocenters. The largest absolute Gasteiger partial charge is 0.354 e. The van der Waals surface area contributed by atoms with Gasteiger partial charge in [-0.3, -0.25) is 4.90 Å². The first-order valence-electron chi connectivity index (χ1n) is 7.84. The van der Waals surface area contributed by atoms with Crippen LogP contribution in [0.4, 0.5) is 5.95 Å². The smallest absolute Gasteiger partial charge is 0.203 e. The van der Waals surface area contributed by atoms with Gasteiger partial charge in [0.05, 0.1) is 5.69 Å².